The highest BCUT2D eigenvalue weighted by atomic mass is 35.5. The van der Waals surface area contributed by atoms with E-state index in [1.165, 1.54) is 6.33 Å². The third-order valence-electron chi connectivity index (χ3n) is 3.22. The van der Waals surface area contributed by atoms with Gasteiger partial charge in [0.15, 0.2) is 0 Å². The summed E-state index contributed by atoms with van der Waals surface area (Å²) in [6.45, 7) is 3.93. The van der Waals surface area contributed by atoms with Crippen LogP contribution in [0, 0.1) is 5.41 Å². The Kier molecular flexibility index (Phi) is 4.72. The van der Waals surface area contributed by atoms with Gasteiger partial charge in [-0.25, -0.2) is 9.97 Å². The molecular formula is C11H17ClN4O2. The van der Waals surface area contributed by atoms with Crippen LogP contribution in [0.3, 0.4) is 0 Å². The Labute approximate surface area is 111 Å². The SMILES string of the molecule is CCC(CC)(CNc1ncnc(N)c1Cl)C(=O)O. The smallest absolute Gasteiger partial charge is 0.311 e. The summed E-state index contributed by atoms with van der Waals surface area (Å²) in [7, 11) is 0. The highest BCUT2D eigenvalue weighted by Crippen LogP contribution is 2.29. The molecule has 6 nitrogen and oxygen atoms in total. The van der Waals surface area contributed by atoms with E-state index >= 15 is 0 Å². The van der Waals surface area contributed by atoms with Crippen LogP contribution in [0.15, 0.2) is 6.33 Å². The van der Waals surface area contributed by atoms with Crippen LogP contribution in [0.5, 0.6) is 0 Å². The molecule has 18 heavy (non-hydrogen) atoms. The van der Waals surface area contributed by atoms with Crippen molar-refractivity contribution in [3.8, 4) is 0 Å². The van der Waals surface area contributed by atoms with E-state index in [0.29, 0.717) is 18.7 Å². The molecule has 0 bridgehead atoms. The molecule has 0 saturated carbocycles. The molecule has 0 aliphatic heterocycles. The number of aliphatic carboxylic acids is 1. The molecule has 0 saturated heterocycles. The zero-order valence-electron chi connectivity index (χ0n) is 10.4. The van der Waals surface area contributed by atoms with Gasteiger partial charge in [-0.2, -0.15) is 0 Å². The number of nitrogens with two attached hydrogens (primary N) is 1. The molecule has 0 radical (unpaired) electrons. The second-order valence-corrected chi connectivity index (χ2v) is 4.45. The van der Waals surface area contributed by atoms with Crippen LogP contribution < -0.4 is 11.1 Å². The number of hydrogen-bond donors (Lipinski definition) is 3. The second kappa shape index (κ2) is 5.86. The van der Waals surface area contributed by atoms with E-state index in [1.807, 2.05) is 13.8 Å². The van der Waals surface area contributed by atoms with Gasteiger partial charge in [-0.3, -0.25) is 4.79 Å². The minimum Gasteiger partial charge on any atom is -0.481 e. The highest BCUT2D eigenvalue weighted by Gasteiger charge is 2.34. The first-order valence-corrected chi connectivity index (χ1v) is 6.08. The van der Waals surface area contributed by atoms with Crippen molar-refractivity contribution in [2.45, 2.75) is 26.7 Å². The van der Waals surface area contributed by atoms with Gasteiger partial charge in [-0.05, 0) is 12.8 Å². The Morgan fingerprint density at radius 2 is 2.11 bits per heavy atom. The van der Waals surface area contributed by atoms with Gasteiger partial charge in [0.25, 0.3) is 0 Å². The molecule has 1 rings (SSSR count). The molecule has 0 spiro atoms. The summed E-state index contributed by atoms with van der Waals surface area (Å²) < 4.78 is 0. The topological polar surface area (TPSA) is 101 Å². The van der Waals surface area contributed by atoms with Crippen molar-refractivity contribution in [1.82, 2.24) is 9.97 Å². The Morgan fingerprint density at radius 1 is 1.50 bits per heavy atom. The van der Waals surface area contributed by atoms with Gasteiger partial charge in [-0.15, -0.1) is 0 Å². The number of aromatic nitrogens is 2. The molecule has 7 heteroatoms. The lowest BCUT2D eigenvalue weighted by Crippen LogP contribution is -2.37. The molecule has 100 valence electrons. The minimum atomic E-state index is -0.835. The van der Waals surface area contributed by atoms with E-state index < -0.39 is 11.4 Å². The summed E-state index contributed by atoms with van der Waals surface area (Å²) in [6.07, 6.45) is 2.32. The Balaban J connectivity index is 2.86. The van der Waals surface area contributed by atoms with Gasteiger partial charge in [0.05, 0.1) is 5.41 Å². The number of rotatable bonds is 6. The van der Waals surface area contributed by atoms with Crippen LogP contribution in [-0.4, -0.2) is 27.6 Å². The van der Waals surface area contributed by atoms with Crippen LogP contribution >= 0.6 is 11.6 Å². The molecule has 0 amide bonds. The molecule has 1 heterocycles. The normalized spacial score (nSPS) is 11.3. The van der Waals surface area contributed by atoms with Crippen molar-refractivity contribution in [3.05, 3.63) is 11.3 Å². The maximum absolute atomic E-state index is 11.3. The molecule has 0 aromatic carbocycles. The number of carboxylic acids is 1. The molecule has 1 aromatic rings. The summed E-state index contributed by atoms with van der Waals surface area (Å²) in [5, 5.41) is 12.4. The van der Waals surface area contributed by atoms with Crippen molar-refractivity contribution in [3.63, 3.8) is 0 Å². The predicted molar refractivity (Wildman–Crippen MR) is 70.6 cm³/mol. The number of halogens is 1. The standard InChI is InChI=1S/C11H17ClN4O2/c1-3-11(4-2,10(17)18)5-14-9-7(12)8(13)15-6-16-9/h6H,3-5H2,1-2H3,(H,17,18)(H3,13,14,15,16). The first kappa shape index (κ1) is 14.5. The van der Waals surface area contributed by atoms with E-state index in [4.69, 9.17) is 17.3 Å². The minimum absolute atomic E-state index is 0.170. The maximum Gasteiger partial charge on any atom is 0.311 e. The number of carbonyl (C=O) groups is 1. The van der Waals surface area contributed by atoms with Crippen molar-refractivity contribution in [2.75, 3.05) is 17.6 Å². The van der Waals surface area contributed by atoms with Gasteiger partial charge in [0.2, 0.25) is 0 Å². The van der Waals surface area contributed by atoms with Gasteiger partial charge < -0.3 is 16.2 Å². The second-order valence-electron chi connectivity index (χ2n) is 4.07. The number of carboxylic acid groups (broad SMARTS) is 1. The number of hydrogen-bond acceptors (Lipinski definition) is 5. The molecule has 0 aliphatic carbocycles. The lowest BCUT2D eigenvalue weighted by molar-refractivity contribution is -0.148. The fourth-order valence-electron chi connectivity index (χ4n) is 1.64. The fourth-order valence-corrected chi connectivity index (χ4v) is 1.80. The zero-order chi connectivity index (χ0) is 13.8. The summed E-state index contributed by atoms with van der Waals surface area (Å²) in [4.78, 5) is 19.0. The van der Waals surface area contributed by atoms with E-state index in [0.717, 1.165) is 0 Å². The number of nitrogen functional groups attached to an aromatic ring is 1. The lowest BCUT2D eigenvalue weighted by atomic mass is 9.82. The van der Waals surface area contributed by atoms with E-state index in [2.05, 4.69) is 15.3 Å². The van der Waals surface area contributed by atoms with Crippen LogP contribution in [0.1, 0.15) is 26.7 Å². The number of nitrogens with one attached hydrogen (secondary N) is 1. The highest BCUT2D eigenvalue weighted by molar-refractivity contribution is 6.35. The van der Waals surface area contributed by atoms with Crippen molar-refractivity contribution >= 4 is 29.2 Å². The number of nitrogens with zero attached hydrogens (tertiary/aromatic N) is 2. The van der Waals surface area contributed by atoms with Gasteiger partial charge in [0.1, 0.15) is 23.0 Å². The molecule has 4 N–H and O–H groups in total. The summed E-state index contributed by atoms with van der Waals surface area (Å²) in [5.74, 6) is -0.307. The van der Waals surface area contributed by atoms with Crippen LogP contribution in [0.25, 0.3) is 0 Å². The van der Waals surface area contributed by atoms with Crippen molar-refractivity contribution in [2.24, 2.45) is 5.41 Å². The van der Waals surface area contributed by atoms with E-state index in [-0.39, 0.29) is 17.4 Å². The lowest BCUT2D eigenvalue weighted by Gasteiger charge is -2.27. The molecule has 0 unspecified atom stereocenters. The average Bonchev–Trinajstić information content (AvgIpc) is 2.35. The molecule has 0 atom stereocenters. The fraction of sp³-hybridized carbons (Fsp3) is 0.545. The summed E-state index contributed by atoms with van der Waals surface area (Å²) in [6, 6.07) is 0. The van der Waals surface area contributed by atoms with E-state index in [1.54, 1.807) is 0 Å². The predicted octanol–water partition coefficient (Wildman–Crippen LogP) is 2.02. The van der Waals surface area contributed by atoms with Crippen molar-refractivity contribution < 1.29 is 9.90 Å². The number of anilines is 2. The molecule has 0 fully saturated rings. The summed E-state index contributed by atoms with van der Waals surface area (Å²) in [5.41, 5.74) is 4.72. The van der Waals surface area contributed by atoms with Crippen molar-refractivity contribution in [1.29, 1.82) is 0 Å². The first-order chi connectivity index (χ1) is 8.46. The van der Waals surface area contributed by atoms with E-state index in [9.17, 15) is 9.90 Å². The molecule has 0 aliphatic rings. The first-order valence-electron chi connectivity index (χ1n) is 5.70. The Hall–Kier alpha value is -1.56. The third-order valence-corrected chi connectivity index (χ3v) is 3.59. The van der Waals surface area contributed by atoms with Gasteiger partial charge >= 0.3 is 5.97 Å². The zero-order valence-corrected chi connectivity index (χ0v) is 11.2. The Morgan fingerprint density at radius 3 is 2.61 bits per heavy atom. The van der Waals surface area contributed by atoms with Crippen LogP contribution in [-0.2, 0) is 4.79 Å². The third kappa shape index (κ3) is 2.81. The van der Waals surface area contributed by atoms with Crippen LogP contribution in [0.4, 0.5) is 11.6 Å². The quantitative estimate of drug-likeness (QED) is 0.732. The maximum atomic E-state index is 11.3. The average molecular weight is 273 g/mol. The monoisotopic (exact) mass is 272 g/mol. The molecular weight excluding hydrogens is 256 g/mol. The molecule has 1 aromatic heterocycles. The largest absolute Gasteiger partial charge is 0.481 e. The van der Waals surface area contributed by atoms with Gasteiger partial charge in [-0.1, -0.05) is 25.4 Å². The summed E-state index contributed by atoms with van der Waals surface area (Å²) >= 11 is 5.93. The van der Waals surface area contributed by atoms with Gasteiger partial charge in [0, 0.05) is 6.54 Å². The van der Waals surface area contributed by atoms with Crippen LogP contribution in [0.2, 0.25) is 5.02 Å². The Bertz CT molecular complexity index is 435.